The first kappa shape index (κ1) is 13.2. The van der Waals surface area contributed by atoms with Gasteiger partial charge in [-0.15, -0.1) is 0 Å². The molecule has 0 amide bonds. The van der Waals surface area contributed by atoms with Crippen molar-refractivity contribution in [2.45, 2.75) is 54.1 Å². The Bertz CT molecular complexity index is 347. The molecule has 0 aromatic heterocycles. The van der Waals surface area contributed by atoms with Gasteiger partial charge in [0.25, 0.3) is 0 Å². The van der Waals surface area contributed by atoms with E-state index >= 15 is 0 Å². The maximum atomic E-state index is 3.60. The van der Waals surface area contributed by atoms with Crippen molar-refractivity contribution in [1.82, 2.24) is 5.32 Å². The SMILES string of the molecule is Cc1ccc(CNC(C)C(C)(C)C)c(C)c1. The zero-order valence-electron chi connectivity index (χ0n) is 11.5. The molecule has 1 N–H and O–H groups in total. The van der Waals surface area contributed by atoms with E-state index in [1.54, 1.807) is 0 Å². The van der Waals surface area contributed by atoms with Crippen molar-refractivity contribution in [3.63, 3.8) is 0 Å². The molecule has 0 aliphatic rings. The first-order valence-corrected chi connectivity index (χ1v) is 6.10. The third kappa shape index (κ3) is 3.64. The number of hydrogen-bond acceptors (Lipinski definition) is 1. The van der Waals surface area contributed by atoms with Gasteiger partial charge in [-0.05, 0) is 37.3 Å². The van der Waals surface area contributed by atoms with Crippen LogP contribution >= 0.6 is 0 Å². The summed E-state index contributed by atoms with van der Waals surface area (Å²) in [5.74, 6) is 0. The smallest absolute Gasteiger partial charge is 0.0210 e. The van der Waals surface area contributed by atoms with Gasteiger partial charge in [-0.2, -0.15) is 0 Å². The van der Waals surface area contributed by atoms with Crippen LogP contribution in [-0.4, -0.2) is 6.04 Å². The van der Waals surface area contributed by atoms with Gasteiger partial charge in [0.05, 0.1) is 0 Å². The molecule has 0 aliphatic heterocycles. The minimum Gasteiger partial charge on any atom is -0.310 e. The van der Waals surface area contributed by atoms with Crippen molar-refractivity contribution < 1.29 is 0 Å². The highest BCUT2D eigenvalue weighted by Gasteiger charge is 2.19. The molecule has 1 nitrogen and oxygen atoms in total. The van der Waals surface area contributed by atoms with Crippen LogP contribution in [0.4, 0.5) is 0 Å². The Kier molecular flexibility index (Phi) is 4.15. The molecule has 0 heterocycles. The van der Waals surface area contributed by atoms with Gasteiger partial charge in [0.15, 0.2) is 0 Å². The third-order valence-electron chi connectivity index (χ3n) is 3.40. The Morgan fingerprint density at radius 1 is 1.19 bits per heavy atom. The fourth-order valence-electron chi connectivity index (χ4n) is 1.61. The van der Waals surface area contributed by atoms with Crippen LogP contribution in [0.5, 0.6) is 0 Å². The fraction of sp³-hybridized carbons (Fsp3) is 0.600. The zero-order valence-corrected chi connectivity index (χ0v) is 11.5. The fourth-order valence-corrected chi connectivity index (χ4v) is 1.61. The second-order valence-electron chi connectivity index (χ2n) is 5.90. The number of nitrogens with one attached hydrogen (secondary N) is 1. The Balaban J connectivity index is 2.62. The highest BCUT2D eigenvalue weighted by molar-refractivity contribution is 5.30. The lowest BCUT2D eigenvalue weighted by Gasteiger charge is -2.28. The third-order valence-corrected chi connectivity index (χ3v) is 3.40. The summed E-state index contributed by atoms with van der Waals surface area (Å²) in [6.45, 7) is 14.4. The molecule has 1 heteroatoms. The quantitative estimate of drug-likeness (QED) is 0.814. The van der Waals surface area contributed by atoms with Gasteiger partial charge in [0.1, 0.15) is 0 Å². The molecule has 1 aromatic carbocycles. The Morgan fingerprint density at radius 3 is 2.31 bits per heavy atom. The van der Waals surface area contributed by atoms with Crippen LogP contribution < -0.4 is 5.32 Å². The van der Waals surface area contributed by atoms with Crippen LogP contribution in [-0.2, 0) is 6.54 Å². The average Bonchev–Trinajstić information content (AvgIpc) is 2.14. The minimum atomic E-state index is 0.318. The summed E-state index contributed by atoms with van der Waals surface area (Å²) < 4.78 is 0. The van der Waals surface area contributed by atoms with Crippen molar-refractivity contribution in [3.05, 3.63) is 34.9 Å². The van der Waals surface area contributed by atoms with Gasteiger partial charge in [-0.25, -0.2) is 0 Å². The summed E-state index contributed by atoms with van der Waals surface area (Å²) in [5.41, 5.74) is 4.44. The average molecular weight is 219 g/mol. The van der Waals surface area contributed by atoms with E-state index in [1.807, 2.05) is 0 Å². The lowest BCUT2D eigenvalue weighted by atomic mass is 9.88. The molecule has 1 atom stereocenters. The van der Waals surface area contributed by atoms with E-state index in [1.165, 1.54) is 16.7 Å². The van der Waals surface area contributed by atoms with Crippen LogP contribution in [0.15, 0.2) is 18.2 Å². The molecule has 0 fully saturated rings. The first-order chi connectivity index (χ1) is 7.30. The number of hydrogen-bond donors (Lipinski definition) is 1. The van der Waals surface area contributed by atoms with Crippen LogP contribution in [0.3, 0.4) is 0 Å². The van der Waals surface area contributed by atoms with Crippen molar-refractivity contribution in [2.75, 3.05) is 0 Å². The Hall–Kier alpha value is -0.820. The van der Waals surface area contributed by atoms with E-state index in [0.29, 0.717) is 11.5 Å². The van der Waals surface area contributed by atoms with Crippen molar-refractivity contribution in [2.24, 2.45) is 5.41 Å². The maximum Gasteiger partial charge on any atom is 0.0210 e. The predicted octanol–water partition coefficient (Wildman–Crippen LogP) is 3.83. The van der Waals surface area contributed by atoms with Crippen molar-refractivity contribution >= 4 is 0 Å². The first-order valence-electron chi connectivity index (χ1n) is 6.10. The summed E-state index contributed by atoms with van der Waals surface area (Å²) in [4.78, 5) is 0. The van der Waals surface area contributed by atoms with Gasteiger partial charge in [0.2, 0.25) is 0 Å². The molecule has 90 valence electrons. The molecule has 1 rings (SSSR count). The lowest BCUT2D eigenvalue weighted by Crippen LogP contribution is -2.37. The van der Waals surface area contributed by atoms with Crippen molar-refractivity contribution in [1.29, 1.82) is 0 Å². The van der Waals surface area contributed by atoms with E-state index in [-0.39, 0.29) is 0 Å². The summed E-state index contributed by atoms with van der Waals surface area (Å²) in [7, 11) is 0. The second kappa shape index (κ2) is 5.01. The summed E-state index contributed by atoms with van der Waals surface area (Å²) in [5, 5.41) is 3.60. The van der Waals surface area contributed by atoms with Crippen LogP contribution in [0.1, 0.15) is 44.4 Å². The second-order valence-corrected chi connectivity index (χ2v) is 5.90. The zero-order chi connectivity index (χ0) is 12.3. The number of aryl methyl sites for hydroxylation is 2. The van der Waals surface area contributed by atoms with Gasteiger partial charge < -0.3 is 5.32 Å². The van der Waals surface area contributed by atoms with Gasteiger partial charge in [0, 0.05) is 12.6 Å². The molecule has 0 bridgehead atoms. The summed E-state index contributed by atoms with van der Waals surface area (Å²) in [6.07, 6.45) is 0. The van der Waals surface area contributed by atoms with Gasteiger partial charge >= 0.3 is 0 Å². The largest absolute Gasteiger partial charge is 0.310 e. The molecule has 16 heavy (non-hydrogen) atoms. The summed E-state index contributed by atoms with van der Waals surface area (Å²) >= 11 is 0. The monoisotopic (exact) mass is 219 g/mol. The molecule has 0 aliphatic carbocycles. The van der Waals surface area contributed by atoms with E-state index in [2.05, 4.69) is 65.1 Å². The minimum absolute atomic E-state index is 0.318. The number of rotatable bonds is 3. The molecule has 0 spiro atoms. The maximum absolute atomic E-state index is 3.60. The molecule has 1 unspecified atom stereocenters. The molecule has 0 radical (unpaired) electrons. The highest BCUT2D eigenvalue weighted by Crippen LogP contribution is 2.19. The van der Waals surface area contributed by atoms with E-state index in [4.69, 9.17) is 0 Å². The molecular weight excluding hydrogens is 194 g/mol. The van der Waals surface area contributed by atoms with Crippen LogP contribution in [0.25, 0.3) is 0 Å². The normalized spacial score (nSPS) is 13.9. The van der Waals surface area contributed by atoms with Crippen LogP contribution in [0.2, 0.25) is 0 Å². The highest BCUT2D eigenvalue weighted by atomic mass is 14.9. The van der Waals surface area contributed by atoms with E-state index in [9.17, 15) is 0 Å². The molecule has 0 saturated heterocycles. The topological polar surface area (TPSA) is 12.0 Å². The van der Waals surface area contributed by atoms with E-state index in [0.717, 1.165) is 6.54 Å². The lowest BCUT2D eigenvalue weighted by molar-refractivity contribution is 0.285. The Morgan fingerprint density at radius 2 is 1.81 bits per heavy atom. The van der Waals surface area contributed by atoms with Crippen molar-refractivity contribution in [3.8, 4) is 0 Å². The number of benzene rings is 1. The summed E-state index contributed by atoms with van der Waals surface area (Å²) in [6, 6.07) is 7.19. The van der Waals surface area contributed by atoms with E-state index < -0.39 is 0 Å². The molecule has 0 saturated carbocycles. The van der Waals surface area contributed by atoms with Crippen LogP contribution in [0, 0.1) is 19.3 Å². The predicted molar refractivity (Wildman–Crippen MR) is 71.7 cm³/mol. The molecule has 1 aromatic rings. The molecular formula is C15H25N. The van der Waals surface area contributed by atoms with Gasteiger partial charge in [-0.3, -0.25) is 0 Å². The standard InChI is InChI=1S/C15H25N/c1-11-7-8-14(12(2)9-11)10-16-13(3)15(4,5)6/h7-9,13,16H,10H2,1-6H3. The Labute approximate surface area is 100 Å². The van der Waals surface area contributed by atoms with Gasteiger partial charge in [-0.1, -0.05) is 44.5 Å².